The molecule has 0 radical (unpaired) electrons. The fraction of sp³-hybridized carbons (Fsp3) is 1.00. The summed E-state index contributed by atoms with van der Waals surface area (Å²) in [5, 5.41) is 0. The fourth-order valence-corrected chi connectivity index (χ4v) is 1.90. The molecule has 0 aromatic heterocycles. The number of likely N-dealkylation sites (tertiary alicyclic amines) is 1. The zero-order chi connectivity index (χ0) is 8.27. The fourth-order valence-electron chi connectivity index (χ4n) is 1.90. The van der Waals surface area contributed by atoms with Crippen molar-refractivity contribution in [1.29, 1.82) is 0 Å². The van der Waals surface area contributed by atoms with Gasteiger partial charge in [-0.15, -0.1) is 0 Å². The van der Waals surface area contributed by atoms with Crippen molar-refractivity contribution in [3.05, 3.63) is 0 Å². The van der Waals surface area contributed by atoms with Gasteiger partial charge in [-0.2, -0.15) is 0 Å². The minimum Gasteiger partial charge on any atom is -0.381 e. The Hall–Kier alpha value is -0.0800. The summed E-state index contributed by atoms with van der Waals surface area (Å²) < 4.78 is 5.41. The Balaban J connectivity index is 2.43. The number of hydrogen-bond acceptors (Lipinski definition) is 2. The highest BCUT2D eigenvalue weighted by atomic mass is 16.5. The molecule has 1 aliphatic rings. The summed E-state index contributed by atoms with van der Waals surface area (Å²) in [6.45, 7) is 4.68. The Labute approximate surface area is 69.5 Å². The average Bonchev–Trinajstić information content (AvgIpc) is 2.11. The smallest absolute Gasteiger partial charge is 0.0609 e. The van der Waals surface area contributed by atoms with Crippen molar-refractivity contribution in [2.75, 3.05) is 27.2 Å². The van der Waals surface area contributed by atoms with Gasteiger partial charge in [-0.1, -0.05) is 6.92 Å². The number of hydrogen-bond donors (Lipinski definition) is 0. The van der Waals surface area contributed by atoms with Gasteiger partial charge < -0.3 is 9.64 Å². The maximum absolute atomic E-state index is 5.41. The van der Waals surface area contributed by atoms with Crippen LogP contribution in [0.4, 0.5) is 0 Å². The molecule has 1 aliphatic heterocycles. The van der Waals surface area contributed by atoms with Crippen LogP contribution < -0.4 is 0 Å². The topological polar surface area (TPSA) is 12.5 Å². The molecule has 11 heavy (non-hydrogen) atoms. The number of rotatable bonds is 1. The highest BCUT2D eigenvalue weighted by molar-refractivity contribution is 4.73. The molecule has 0 spiro atoms. The number of nitrogens with zero attached hydrogens (tertiary/aromatic N) is 1. The van der Waals surface area contributed by atoms with Crippen molar-refractivity contribution >= 4 is 0 Å². The first-order valence-corrected chi connectivity index (χ1v) is 4.45. The van der Waals surface area contributed by atoms with Crippen LogP contribution >= 0.6 is 0 Å². The first-order valence-electron chi connectivity index (χ1n) is 4.45. The van der Waals surface area contributed by atoms with Crippen LogP contribution in [0.5, 0.6) is 0 Å². The summed E-state index contributed by atoms with van der Waals surface area (Å²) in [6, 6.07) is 0. The van der Waals surface area contributed by atoms with Gasteiger partial charge in [-0.3, -0.25) is 0 Å². The minimum atomic E-state index is 0.486. The van der Waals surface area contributed by atoms with Gasteiger partial charge in [-0.25, -0.2) is 0 Å². The van der Waals surface area contributed by atoms with Crippen LogP contribution in [-0.2, 0) is 4.74 Å². The Morgan fingerprint density at radius 1 is 1.45 bits per heavy atom. The summed E-state index contributed by atoms with van der Waals surface area (Å²) in [5.74, 6) is 0.687. The lowest BCUT2D eigenvalue weighted by atomic mass is 10.0. The van der Waals surface area contributed by atoms with Crippen LogP contribution in [0.25, 0.3) is 0 Å². The van der Waals surface area contributed by atoms with E-state index >= 15 is 0 Å². The molecule has 0 amide bonds. The Morgan fingerprint density at radius 2 is 2.18 bits per heavy atom. The summed E-state index contributed by atoms with van der Waals surface area (Å²) >= 11 is 0. The monoisotopic (exact) mass is 157 g/mol. The Bertz CT molecular complexity index is 116. The molecule has 0 saturated carbocycles. The molecular weight excluding hydrogens is 138 g/mol. The van der Waals surface area contributed by atoms with Gasteiger partial charge in [0.25, 0.3) is 0 Å². The predicted octanol–water partition coefficient (Wildman–Crippen LogP) is 1.36. The highest BCUT2D eigenvalue weighted by Gasteiger charge is 2.21. The first-order chi connectivity index (χ1) is 5.24. The Morgan fingerprint density at radius 3 is 2.82 bits per heavy atom. The van der Waals surface area contributed by atoms with Gasteiger partial charge in [0.2, 0.25) is 0 Å². The molecule has 1 rings (SSSR count). The zero-order valence-corrected chi connectivity index (χ0v) is 7.84. The van der Waals surface area contributed by atoms with E-state index in [1.165, 1.54) is 25.9 Å². The molecule has 0 aromatic rings. The van der Waals surface area contributed by atoms with E-state index in [1.807, 2.05) is 7.11 Å². The van der Waals surface area contributed by atoms with Gasteiger partial charge in [0.1, 0.15) is 0 Å². The predicted molar refractivity (Wildman–Crippen MR) is 46.7 cm³/mol. The summed E-state index contributed by atoms with van der Waals surface area (Å²) in [7, 11) is 4.01. The largest absolute Gasteiger partial charge is 0.381 e. The second-order valence-electron chi connectivity index (χ2n) is 3.66. The zero-order valence-electron chi connectivity index (χ0n) is 7.84. The van der Waals surface area contributed by atoms with Crippen molar-refractivity contribution in [2.45, 2.75) is 25.9 Å². The molecule has 0 N–H and O–H groups in total. The van der Waals surface area contributed by atoms with Gasteiger partial charge in [0.15, 0.2) is 0 Å². The summed E-state index contributed by atoms with van der Waals surface area (Å²) in [6.07, 6.45) is 2.99. The molecule has 66 valence electrons. The molecule has 0 aliphatic carbocycles. The maximum atomic E-state index is 5.41. The van der Waals surface area contributed by atoms with Gasteiger partial charge in [-0.05, 0) is 32.4 Å². The molecule has 1 fully saturated rings. The first kappa shape index (κ1) is 9.01. The van der Waals surface area contributed by atoms with Crippen LogP contribution in [0.1, 0.15) is 19.8 Å². The van der Waals surface area contributed by atoms with E-state index in [0.29, 0.717) is 12.0 Å². The third kappa shape index (κ3) is 2.46. The third-order valence-corrected chi connectivity index (χ3v) is 2.57. The van der Waals surface area contributed by atoms with Gasteiger partial charge >= 0.3 is 0 Å². The standard InChI is InChI=1S/C9H19NO/c1-8-7-10(2)6-4-5-9(8)11-3/h8-9H,4-7H2,1-3H3. The van der Waals surface area contributed by atoms with E-state index in [4.69, 9.17) is 4.74 Å². The van der Waals surface area contributed by atoms with Crippen molar-refractivity contribution < 1.29 is 4.74 Å². The van der Waals surface area contributed by atoms with Crippen molar-refractivity contribution in [1.82, 2.24) is 4.90 Å². The molecule has 1 heterocycles. The van der Waals surface area contributed by atoms with E-state index in [0.717, 1.165) is 0 Å². The molecule has 2 heteroatoms. The van der Waals surface area contributed by atoms with Crippen LogP contribution in [-0.4, -0.2) is 38.3 Å². The molecule has 2 nitrogen and oxygen atoms in total. The lowest BCUT2D eigenvalue weighted by molar-refractivity contribution is 0.0528. The van der Waals surface area contributed by atoms with E-state index in [2.05, 4.69) is 18.9 Å². The SMILES string of the molecule is COC1CCCN(C)CC1C. The van der Waals surface area contributed by atoms with Crippen molar-refractivity contribution in [2.24, 2.45) is 5.92 Å². The van der Waals surface area contributed by atoms with Gasteiger partial charge in [0.05, 0.1) is 6.10 Å². The lowest BCUT2D eigenvalue weighted by Gasteiger charge is -2.21. The molecule has 2 atom stereocenters. The van der Waals surface area contributed by atoms with Crippen molar-refractivity contribution in [3.8, 4) is 0 Å². The van der Waals surface area contributed by atoms with Crippen LogP contribution in [0.15, 0.2) is 0 Å². The molecule has 0 bridgehead atoms. The molecule has 1 saturated heterocycles. The Kier molecular flexibility index (Phi) is 3.34. The summed E-state index contributed by atoms with van der Waals surface area (Å²) in [4.78, 5) is 2.39. The average molecular weight is 157 g/mol. The quantitative estimate of drug-likeness (QED) is 0.570. The van der Waals surface area contributed by atoms with E-state index < -0.39 is 0 Å². The van der Waals surface area contributed by atoms with E-state index in [9.17, 15) is 0 Å². The molecular formula is C9H19NO. The molecule has 0 aromatic carbocycles. The van der Waals surface area contributed by atoms with Gasteiger partial charge in [0, 0.05) is 13.7 Å². The van der Waals surface area contributed by atoms with Crippen LogP contribution in [0.3, 0.4) is 0 Å². The maximum Gasteiger partial charge on any atom is 0.0609 e. The minimum absolute atomic E-state index is 0.486. The third-order valence-electron chi connectivity index (χ3n) is 2.57. The highest BCUT2D eigenvalue weighted by Crippen LogP contribution is 2.17. The van der Waals surface area contributed by atoms with E-state index in [-0.39, 0.29) is 0 Å². The van der Waals surface area contributed by atoms with Crippen LogP contribution in [0.2, 0.25) is 0 Å². The normalized spacial score (nSPS) is 35.2. The number of ether oxygens (including phenoxy) is 1. The van der Waals surface area contributed by atoms with Crippen LogP contribution in [0, 0.1) is 5.92 Å². The van der Waals surface area contributed by atoms with Crippen molar-refractivity contribution in [3.63, 3.8) is 0 Å². The molecule has 2 unspecified atom stereocenters. The van der Waals surface area contributed by atoms with E-state index in [1.54, 1.807) is 0 Å². The second kappa shape index (κ2) is 4.07. The second-order valence-corrected chi connectivity index (χ2v) is 3.66. The lowest BCUT2D eigenvalue weighted by Crippen LogP contribution is -2.28. The summed E-state index contributed by atoms with van der Waals surface area (Å²) in [5.41, 5.74) is 0. The number of methoxy groups -OCH3 is 1.